The fraction of sp³-hybridized carbons (Fsp3) is 1.00. The van der Waals surface area contributed by atoms with E-state index in [4.69, 9.17) is 0 Å². The van der Waals surface area contributed by atoms with Gasteiger partial charge in [-0.1, -0.05) is 54.4 Å². The number of hydrogen-bond donors (Lipinski definition) is 0. The number of fused-ring (bicyclic) bond motifs is 1. The Morgan fingerprint density at radius 1 is 0.870 bits per heavy atom. The standard InChI is InChI=1S/C18H38N3OP/c1-17(2,3)13-20-15-11-9-10-12-16(15)21(14-18(4,5)6)23(20,22)19(7)8/h15-16H,9-14H2,1-8H3/t15-,16-/m1/s1. The molecule has 4 nitrogen and oxygen atoms in total. The molecular weight excluding hydrogens is 305 g/mol. The highest BCUT2D eigenvalue weighted by molar-refractivity contribution is 7.56. The third kappa shape index (κ3) is 4.03. The van der Waals surface area contributed by atoms with E-state index < -0.39 is 7.59 Å². The van der Waals surface area contributed by atoms with E-state index in [1.807, 2.05) is 18.8 Å². The molecule has 0 aromatic rings. The van der Waals surface area contributed by atoms with Gasteiger partial charge in [0, 0.05) is 25.2 Å². The summed E-state index contributed by atoms with van der Waals surface area (Å²) in [5, 5.41) is 0. The predicted molar refractivity (Wildman–Crippen MR) is 99.7 cm³/mol. The molecule has 0 aromatic carbocycles. The largest absolute Gasteiger partial charge is 0.287 e. The second-order valence-electron chi connectivity index (χ2n) is 10.1. The van der Waals surface area contributed by atoms with Crippen LogP contribution in [0.25, 0.3) is 0 Å². The molecule has 1 saturated heterocycles. The summed E-state index contributed by atoms with van der Waals surface area (Å²) in [5.74, 6) is 0. The molecular formula is C18H38N3OP. The van der Waals surface area contributed by atoms with Crippen molar-refractivity contribution in [3.05, 3.63) is 0 Å². The van der Waals surface area contributed by atoms with E-state index >= 15 is 0 Å². The SMILES string of the molecule is CN(C)P1(=O)N(CC(C)(C)C)[C@@H]2CCCC[C@H]2N1CC(C)(C)C. The summed E-state index contributed by atoms with van der Waals surface area (Å²) in [6, 6.07) is 0.914. The molecule has 0 N–H and O–H groups in total. The van der Waals surface area contributed by atoms with Crippen molar-refractivity contribution >= 4 is 7.59 Å². The fourth-order valence-corrected chi connectivity index (χ4v) is 7.91. The number of hydrogen-bond acceptors (Lipinski definition) is 1. The molecule has 1 aliphatic carbocycles. The molecule has 1 aliphatic heterocycles. The molecule has 136 valence electrons. The summed E-state index contributed by atoms with van der Waals surface area (Å²) in [7, 11) is 1.35. The predicted octanol–water partition coefficient (Wildman–Crippen LogP) is 4.68. The van der Waals surface area contributed by atoms with Gasteiger partial charge in [0.15, 0.2) is 0 Å². The molecule has 1 heterocycles. The Hall–Kier alpha value is 0.110. The maximum atomic E-state index is 14.3. The average Bonchev–Trinajstić information content (AvgIpc) is 2.60. The van der Waals surface area contributed by atoms with Gasteiger partial charge in [0.1, 0.15) is 0 Å². The Labute approximate surface area is 144 Å². The van der Waals surface area contributed by atoms with Crippen LogP contribution in [0, 0.1) is 10.8 Å². The lowest BCUT2D eigenvalue weighted by molar-refractivity contribution is 0.159. The maximum absolute atomic E-state index is 14.3. The third-order valence-electron chi connectivity index (χ3n) is 4.92. The van der Waals surface area contributed by atoms with Crippen LogP contribution in [0.4, 0.5) is 0 Å². The van der Waals surface area contributed by atoms with Gasteiger partial charge in [-0.05, 0) is 37.8 Å². The number of rotatable bonds is 3. The van der Waals surface area contributed by atoms with Crippen molar-refractivity contribution < 1.29 is 4.57 Å². The van der Waals surface area contributed by atoms with Gasteiger partial charge >= 0.3 is 0 Å². The summed E-state index contributed by atoms with van der Waals surface area (Å²) in [4.78, 5) is 0. The summed E-state index contributed by atoms with van der Waals surface area (Å²) >= 11 is 0. The first-order valence-electron chi connectivity index (χ1n) is 9.18. The van der Waals surface area contributed by atoms with E-state index in [9.17, 15) is 4.57 Å². The van der Waals surface area contributed by atoms with Gasteiger partial charge in [-0.2, -0.15) is 0 Å². The molecule has 0 unspecified atom stereocenters. The van der Waals surface area contributed by atoms with Crippen molar-refractivity contribution in [1.29, 1.82) is 0 Å². The van der Waals surface area contributed by atoms with Gasteiger partial charge in [-0.25, -0.2) is 14.0 Å². The molecule has 1 saturated carbocycles. The Morgan fingerprint density at radius 3 is 1.48 bits per heavy atom. The summed E-state index contributed by atoms with van der Waals surface area (Å²) in [6.07, 6.45) is 4.94. The molecule has 2 fully saturated rings. The third-order valence-corrected chi connectivity index (χ3v) is 8.18. The molecule has 2 atom stereocenters. The van der Waals surface area contributed by atoms with Crippen LogP contribution in [0.15, 0.2) is 0 Å². The smallest absolute Gasteiger partial charge is 0.270 e. The minimum atomic E-state index is -2.66. The fourth-order valence-electron chi connectivity index (χ4n) is 4.17. The van der Waals surface area contributed by atoms with E-state index in [0.29, 0.717) is 12.1 Å². The maximum Gasteiger partial charge on any atom is 0.287 e. The van der Waals surface area contributed by atoms with Crippen LogP contribution in [0.2, 0.25) is 0 Å². The lowest BCUT2D eigenvalue weighted by Crippen LogP contribution is -2.43. The number of nitrogens with zero attached hydrogens (tertiary/aromatic N) is 3. The first-order chi connectivity index (χ1) is 10.4. The minimum absolute atomic E-state index is 0.158. The van der Waals surface area contributed by atoms with Crippen LogP contribution in [-0.4, -0.2) is 53.3 Å². The quantitative estimate of drug-likeness (QED) is 0.695. The molecule has 0 radical (unpaired) electrons. The van der Waals surface area contributed by atoms with E-state index in [-0.39, 0.29) is 10.8 Å². The highest BCUT2D eigenvalue weighted by Gasteiger charge is 2.57. The zero-order valence-electron chi connectivity index (χ0n) is 16.6. The monoisotopic (exact) mass is 343 g/mol. The topological polar surface area (TPSA) is 26.8 Å². The van der Waals surface area contributed by atoms with Gasteiger partial charge in [-0.15, -0.1) is 0 Å². The summed E-state index contributed by atoms with van der Waals surface area (Å²) in [6.45, 7) is 15.4. The average molecular weight is 343 g/mol. The van der Waals surface area contributed by atoms with Gasteiger partial charge in [0.05, 0.1) is 0 Å². The Morgan fingerprint density at radius 2 is 1.22 bits per heavy atom. The van der Waals surface area contributed by atoms with Crippen molar-refractivity contribution in [1.82, 2.24) is 14.0 Å². The van der Waals surface area contributed by atoms with Gasteiger partial charge in [0.25, 0.3) is 7.59 Å². The Bertz CT molecular complexity index is 428. The van der Waals surface area contributed by atoms with Crippen LogP contribution >= 0.6 is 7.59 Å². The molecule has 2 aliphatic rings. The summed E-state index contributed by atoms with van der Waals surface area (Å²) < 4.78 is 21.1. The first kappa shape index (κ1) is 19.4. The Balaban J connectivity index is 2.45. The molecule has 0 amide bonds. The van der Waals surface area contributed by atoms with Gasteiger partial charge in [0.2, 0.25) is 0 Å². The van der Waals surface area contributed by atoms with Crippen molar-refractivity contribution in [3.63, 3.8) is 0 Å². The van der Waals surface area contributed by atoms with E-state index in [0.717, 1.165) is 13.1 Å². The van der Waals surface area contributed by atoms with Crippen molar-refractivity contribution in [3.8, 4) is 0 Å². The lowest BCUT2D eigenvalue weighted by atomic mass is 9.87. The van der Waals surface area contributed by atoms with E-state index in [2.05, 4.69) is 50.9 Å². The molecule has 5 heteroatoms. The zero-order chi connectivity index (χ0) is 17.6. The minimum Gasteiger partial charge on any atom is -0.270 e. The molecule has 0 spiro atoms. The second kappa shape index (κ2) is 6.44. The van der Waals surface area contributed by atoms with Crippen molar-refractivity contribution in [2.75, 3.05) is 27.2 Å². The van der Waals surface area contributed by atoms with Gasteiger partial charge in [-0.3, -0.25) is 4.57 Å². The first-order valence-corrected chi connectivity index (χ1v) is 10.7. The highest BCUT2D eigenvalue weighted by Crippen LogP contribution is 2.65. The Kier molecular flexibility index (Phi) is 5.44. The van der Waals surface area contributed by atoms with Gasteiger partial charge < -0.3 is 0 Å². The van der Waals surface area contributed by atoms with Crippen molar-refractivity contribution in [2.24, 2.45) is 10.8 Å². The van der Waals surface area contributed by atoms with Crippen LogP contribution in [0.3, 0.4) is 0 Å². The second-order valence-corrected chi connectivity index (χ2v) is 13.0. The van der Waals surface area contributed by atoms with E-state index in [1.165, 1.54) is 25.7 Å². The molecule has 2 rings (SSSR count). The normalized spacial score (nSPS) is 30.0. The van der Waals surface area contributed by atoms with Crippen molar-refractivity contribution in [2.45, 2.75) is 79.3 Å². The molecule has 23 heavy (non-hydrogen) atoms. The lowest BCUT2D eigenvalue weighted by Gasteiger charge is -2.40. The zero-order valence-corrected chi connectivity index (χ0v) is 17.5. The van der Waals surface area contributed by atoms with Crippen LogP contribution in [0.1, 0.15) is 67.2 Å². The van der Waals surface area contributed by atoms with Crippen LogP contribution < -0.4 is 0 Å². The molecule has 0 aromatic heterocycles. The van der Waals surface area contributed by atoms with E-state index in [1.54, 1.807) is 0 Å². The van der Waals surface area contributed by atoms with Crippen LogP contribution in [-0.2, 0) is 4.57 Å². The molecule has 0 bridgehead atoms. The summed E-state index contributed by atoms with van der Waals surface area (Å²) in [5.41, 5.74) is 0.316. The highest BCUT2D eigenvalue weighted by atomic mass is 31.2. The van der Waals surface area contributed by atoms with Crippen LogP contribution in [0.5, 0.6) is 0 Å².